The van der Waals surface area contributed by atoms with Gasteiger partial charge in [-0.15, -0.1) is 0 Å². The number of nitrogens with one attached hydrogen (secondary N) is 2. The average Bonchev–Trinajstić information content (AvgIpc) is 2.87. The third-order valence-corrected chi connectivity index (χ3v) is 4.74. The van der Waals surface area contributed by atoms with Crippen molar-refractivity contribution in [1.29, 1.82) is 0 Å². The molecule has 1 aromatic carbocycles. The molecule has 8 nitrogen and oxygen atoms in total. The molecule has 2 aliphatic rings. The molecule has 0 radical (unpaired) electrons. The maximum absolute atomic E-state index is 12.9. The molecule has 0 aromatic heterocycles. The molecule has 1 saturated heterocycles. The number of hydrogen-bond acceptors (Lipinski definition) is 6. The smallest absolute Gasteiger partial charge is 0.262 e. The first-order valence-corrected chi connectivity index (χ1v) is 8.85. The number of imide groups is 2. The largest absolute Gasteiger partial charge is 0.330 e. The fourth-order valence-corrected chi connectivity index (χ4v) is 3.40. The van der Waals surface area contributed by atoms with E-state index in [4.69, 9.17) is 5.73 Å². The van der Waals surface area contributed by atoms with Gasteiger partial charge in [0.15, 0.2) is 0 Å². The van der Waals surface area contributed by atoms with E-state index in [0.29, 0.717) is 37.2 Å². The minimum atomic E-state index is -0.958. The molecular weight excluding hydrogens is 348 g/mol. The Morgan fingerprint density at radius 2 is 2.04 bits per heavy atom. The first-order chi connectivity index (χ1) is 12.9. The van der Waals surface area contributed by atoms with Crippen molar-refractivity contribution in [2.45, 2.75) is 31.8 Å². The first-order valence-electron chi connectivity index (χ1n) is 8.85. The van der Waals surface area contributed by atoms with Crippen LogP contribution < -0.4 is 16.4 Å². The summed E-state index contributed by atoms with van der Waals surface area (Å²) in [5, 5.41) is 5.39. The quantitative estimate of drug-likeness (QED) is 0.462. The topological polar surface area (TPSA) is 122 Å². The summed E-state index contributed by atoms with van der Waals surface area (Å²) in [5.74, 6) is -2.00. The van der Waals surface area contributed by atoms with Gasteiger partial charge in [-0.25, -0.2) is 0 Å². The van der Waals surface area contributed by atoms with Gasteiger partial charge in [0.2, 0.25) is 11.8 Å². The zero-order valence-corrected chi connectivity index (χ0v) is 14.9. The van der Waals surface area contributed by atoms with Crippen LogP contribution in [0.15, 0.2) is 30.4 Å². The Kier molecular flexibility index (Phi) is 5.48. The van der Waals surface area contributed by atoms with Crippen LogP contribution in [-0.2, 0) is 16.1 Å². The van der Waals surface area contributed by atoms with Gasteiger partial charge in [0.1, 0.15) is 6.04 Å². The SMILES string of the molecule is C=C(CCN)CNCc1cccc2c1C(=O)N(C1CCC(=O)NC1=O)C2=O. The second-order valence-electron chi connectivity index (χ2n) is 6.68. The molecule has 0 spiro atoms. The zero-order chi connectivity index (χ0) is 19.6. The van der Waals surface area contributed by atoms with E-state index in [-0.39, 0.29) is 18.4 Å². The minimum Gasteiger partial charge on any atom is -0.330 e. The van der Waals surface area contributed by atoms with Gasteiger partial charge in [-0.2, -0.15) is 0 Å². The standard InChI is InChI=1S/C19H22N4O4/c1-11(7-8-20)9-21-10-12-3-2-4-13-16(12)19(27)23(18(13)26)14-5-6-15(24)22-17(14)25/h2-4,14,21H,1,5-10,20H2,(H,22,24,25). The van der Waals surface area contributed by atoms with Gasteiger partial charge in [-0.3, -0.25) is 29.4 Å². The lowest BCUT2D eigenvalue weighted by Crippen LogP contribution is -2.54. The highest BCUT2D eigenvalue weighted by atomic mass is 16.2. The number of rotatable bonds is 7. The molecule has 1 unspecified atom stereocenters. The monoisotopic (exact) mass is 370 g/mol. The summed E-state index contributed by atoms with van der Waals surface area (Å²) >= 11 is 0. The fraction of sp³-hybridized carbons (Fsp3) is 0.368. The summed E-state index contributed by atoms with van der Waals surface area (Å²) in [6.45, 7) is 5.38. The lowest BCUT2D eigenvalue weighted by molar-refractivity contribution is -0.136. The van der Waals surface area contributed by atoms with Crippen LogP contribution in [0, 0.1) is 0 Å². The van der Waals surface area contributed by atoms with E-state index in [2.05, 4.69) is 17.2 Å². The van der Waals surface area contributed by atoms with E-state index >= 15 is 0 Å². The van der Waals surface area contributed by atoms with E-state index in [0.717, 1.165) is 10.5 Å². The van der Waals surface area contributed by atoms with Crippen LogP contribution >= 0.6 is 0 Å². The molecule has 27 heavy (non-hydrogen) atoms. The van der Waals surface area contributed by atoms with E-state index in [1.807, 2.05) is 0 Å². The number of piperidine rings is 1. The fourth-order valence-electron chi connectivity index (χ4n) is 3.40. The first kappa shape index (κ1) is 18.9. The van der Waals surface area contributed by atoms with Gasteiger partial charge in [-0.1, -0.05) is 24.3 Å². The number of fused-ring (bicyclic) bond motifs is 1. The lowest BCUT2D eigenvalue weighted by Gasteiger charge is -2.27. The van der Waals surface area contributed by atoms with E-state index in [1.54, 1.807) is 18.2 Å². The molecule has 142 valence electrons. The van der Waals surface area contributed by atoms with Gasteiger partial charge >= 0.3 is 0 Å². The molecule has 4 N–H and O–H groups in total. The third kappa shape index (κ3) is 3.67. The van der Waals surface area contributed by atoms with Crippen LogP contribution in [0.3, 0.4) is 0 Å². The molecule has 3 rings (SSSR count). The summed E-state index contributed by atoms with van der Waals surface area (Å²) in [6, 6.07) is 4.11. The molecule has 0 aliphatic carbocycles. The van der Waals surface area contributed by atoms with Crippen molar-refractivity contribution in [3.05, 3.63) is 47.0 Å². The Bertz CT molecular complexity index is 833. The van der Waals surface area contributed by atoms with Crippen molar-refractivity contribution in [2.24, 2.45) is 5.73 Å². The summed E-state index contributed by atoms with van der Waals surface area (Å²) < 4.78 is 0. The molecule has 1 fully saturated rings. The van der Waals surface area contributed by atoms with Crippen molar-refractivity contribution >= 4 is 23.6 Å². The number of hydrogen-bond donors (Lipinski definition) is 3. The number of carbonyl (C=O) groups is 4. The minimum absolute atomic E-state index is 0.0987. The predicted molar refractivity (Wildman–Crippen MR) is 97.6 cm³/mol. The van der Waals surface area contributed by atoms with Crippen LogP contribution in [0.4, 0.5) is 0 Å². The van der Waals surface area contributed by atoms with Crippen molar-refractivity contribution in [2.75, 3.05) is 13.1 Å². The third-order valence-electron chi connectivity index (χ3n) is 4.74. The average molecular weight is 370 g/mol. The number of nitrogens with two attached hydrogens (primary N) is 1. The lowest BCUT2D eigenvalue weighted by atomic mass is 10.0. The molecule has 4 amide bonds. The normalized spacial score (nSPS) is 19.3. The van der Waals surface area contributed by atoms with Crippen LogP contribution in [0.25, 0.3) is 0 Å². The van der Waals surface area contributed by atoms with Gasteiger partial charge in [0.25, 0.3) is 11.8 Å². The van der Waals surface area contributed by atoms with Crippen molar-refractivity contribution in [3.63, 3.8) is 0 Å². The van der Waals surface area contributed by atoms with Crippen LogP contribution in [0.1, 0.15) is 45.5 Å². The van der Waals surface area contributed by atoms with Crippen LogP contribution in [0.2, 0.25) is 0 Å². The summed E-state index contributed by atoms with van der Waals surface area (Å²) in [7, 11) is 0. The molecule has 1 aromatic rings. The van der Waals surface area contributed by atoms with Gasteiger partial charge in [0.05, 0.1) is 11.1 Å². The molecule has 2 aliphatic heterocycles. The second kappa shape index (κ2) is 7.81. The van der Waals surface area contributed by atoms with E-state index in [9.17, 15) is 19.2 Å². The number of nitrogens with zero attached hydrogens (tertiary/aromatic N) is 1. The van der Waals surface area contributed by atoms with Gasteiger partial charge < -0.3 is 11.1 Å². The zero-order valence-electron chi connectivity index (χ0n) is 14.9. The highest BCUT2D eigenvalue weighted by Crippen LogP contribution is 2.29. The van der Waals surface area contributed by atoms with Crippen molar-refractivity contribution in [3.8, 4) is 0 Å². The Morgan fingerprint density at radius 3 is 2.74 bits per heavy atom. The highest BCUT2D eigenvalue weighted by molar-refractivity contribution is 6.24. The summed E-state index contributed by atoms with van der Waals surface area (Å²) in [4.78, 5) is 50.1. The Morgan fingerprint density at radius 1 is 1.26 bits per heavy atom. The number of benzene rings is 1. The number of carbonyl (C=O) groups excluding carboxylic acids is 4. The Labute approximate surface area is 156 Å². The molecule has 2 heterocycles. The maximum Gasteiger partial charge on any atom is 0.262 e. The van der Waals surface area contributed by atoms with Gasteiger partial charge in [0, 0.05) is 19.5 Å². The Balaban J connectivity index is 1.79. The second-order valence-corrected chi connectivity index (χ2v) is 6.68. The predicted octanol–water partition coefficient (Wildman–Crippen LogP) is 0.0824. The molecule has 0 bridgehead atoms. The summed E-state index contributed by atoms with van der Waals surface area (Å²) in [6.07, 6.45) is 0.949. The van der Waals surface area contributed by atoms with E-state index in [1.165, 1.54) is 0 Å². The highest BCUT2D eigenvalue weighted by Gasteiger charge is 2.45. The van der Waals surface area contributed by atoms with E-state index < -0.39 is 29.7 Å². The maximum atomic E-state index is 12.9. The molecule has 8 heteroatoms. The Hall–Kier alpha value is -2.84. The molecule has 1 atom stereocenters. The molecule has 0 saturated carbocycles. The van der Waals surface area contributed by atoms with Crippen LogP contribution in [0.5, 0.6) is 0 Å². The van der Waals surface area contributed by atoms with Gasteiger partial charge in [-0.05, 0) is 31.0 Å². The van der Waals surface area contributed by atoms with Crippen LogP contribution in [-0.4, -0.2) is 47.7 Å². The summed E-state index contributed by atoms with van der Waals surface area (Å²) in [5.41, 5.74) is 7.72. The van der Waals surface area contributed by atoms with Crippen molar-refractivity contribution < 1.29 is 19.2 Å². The van der Waals surface area contributed by atoms with Crippen molar-refractivity contribution in [1.82, 2.24) is 15.5 Å². The number of amides is 4. The molecular formula is C19H22N4O4.